The Bertz CT molecular complexity index is 631. The number of benzene rings is 1. The maximum Gasteiger partial charge on any atom is 0.261 e. The molecule has 0 fully saturated rings. The lowest BCUT2D eigenvalue weighted by Gasteiger charge is -2.18. The highest BCUT2D eigenvalue weighted by Gasteiger charge is 2.25. The Balaban J connectivity index is 3.00. The van der Waals surface area contributed by atoms with Crippen LogP contribution in [0, 0.1) is 0 Å². The number of nitrogens with zero attached hydrogens (tertiary/aromatic N) is 1. The first-order valence-corrected chi connectivity index (χ1v) is 6.45. The van der Waals surface area contributed by atoms with Gasteiger partial charge in [-0.2, -0.15) is 0 Å². The molecule has 7 nitrogen and oxygen atoms in total. The normalized spacial score (nSPS) is 10.3. The molecular weight excluding hydrogens is 290 g/mol. The minimum absolute atomic E-state index is 0.307. The summed E-state index contributed by atoms with van der Waals surface area (Å²) >= 11 is 0. The molecule has 0 aliphatic rings. The smallest absolute Gasteiger partial charge is 0.261 e. The molecule has 2 rings (SSSR count). The van der Waals surface area contributed by atoms with E-state index in [1.165, 1.54) is 35.5 Å². The summed E-state index contributed by atoms with van der Waals surface area (Å²) in [5.74, 6) is 2.52. The van der Waals surface area contributed by atoms with Gasteiger partial charge in [0.15, 0.2) is 17.2 Å². The van der Waals surface area contributed by atoms with E-state index in [0.717, 1.165) is 0 Å². The number of methoxy groups -OCH3 is 6. The molecule has 0 saturated heterocycles. The van der Waals surface area contributed by atoms with Gasteiger partial charge in [-0.3, -0.25) is 0 Å². The average molecular weight is 309 g/mol. The fraction of sp³-hybridized carbons (Fsp3) is 0.400. The first kappa shape index (κ1) is 15.8. The van der Waals surface area contributed by atoms with Gasteiger partial charge in [-0.1, -0.05) is 0 Å². The van der Waals surface area contributed by atoms with Gasteiger partial charge in [0.25, 0.3) is 5.88 Å². The van der Waals surface area contributed by atoms with Crippen LogP contribution in [-0.2, 0) is 0 Å². The zero-order chi connectivity index (χ0) is 16.3. The number of hydrogen-bond acceptors (Lipinski definition) is 7. The molecule has 0 saturated carbocycles. The predicted molar refractivity (Wildman–Crippen MR) is 81.1 cm³/mol. The molecule has 0 amide bonds. The van der Waals surface area contributed by atoms with Crippen LogP contribution in [0.3, 0.4) is 0 Å². The van der Waals surface area contributed by atoms with Crippen LogP contribution in [0.1, 0.15) is 0 Å². The zero-order valence-corrected chi connectivity index (χ0v) is 13.5. The van der Waals surface area contributed by atoms with Crippen molar-refractivity contribution in [1.29, 1.82) is 0 Å². The first-order chi connectivity index (χ1) is 10.7. The Labute approximate surface area is 128 Å². The standard InChI is InChI=1S/C15H19NO6/c1-17-9-7-8-10(12(19-3)11(9)18-2)13(20-4)14(21-5)15(16-8)22-6/h7H,1-6H3. The number of rotatable bonds is 6. The number of ether oxygens (including phenoxy) is 6. The molecule has 1 aromatic carbocycles. The Morgan fingerprint density at radius 3 is 1.64 bits per heavy atom. The van der Waals surface area contributed by atoms with Gasteiger partial charge >= 0.3 is 0 Å². The molecule has 1 heterocycles. The molecule has 0 aliphatic carbocycles. The van der Waals surface area contributed by atoms with E-state index in [1.54, 1.807) is 13.2 Å². The van der Waals surface area contributed by atoms with E-state index < -0.39 is 0 Å². The summed E-state index contributed by atoms with van der Waals surface area (Å²) in [6.45, 7) is 0. The fourth-order valence-electron chi connectivity index (χ4n) is 2.33. The van der Waals surface area contributed by atoms with Gasteiger partial charge < -0.3 is 28.4 Å². The average Bonchev–Trinajstić information content (AvgIpc) is 2.57. The summed E-state index contributed by atoms with van der Waals surface area (Å²) in [6.07, 6.45) is 0. The number of pyridine rings is 1. The summed E-state index contributed by atoms with van der Waals surface area (Å²) in [4.78, 5) is 4.42. The van der Waals surface area contributed by atoms with E-state index in [-0.39, 0.29) is 0 Å². The molecule has 0 bridgehead atoms. The van der Waals surface area contributed by atoms with Crippen LogP contribution < -0.4 is 28.4 Å². The number of hydrogen-bond donors (Lipinski definition) is 0. The quantitative estimate of drug-likeness (QED) is 0.811. The van der Waals surface area contributed by atoms with E-state index in [1.807, 2.05) is 0 Å². The van der Waals surface area contributed by atoms with Crippen molar-refractivity contribution < 1.29 is 28.4 Å². The van der Waals surface area contributed by atoms with E-state index in [4.69, 9.17) is 28.4 Å². The second kappa shape index (κ2) is 6.46. The van der Waals surface area contributed by atoms with E-state index in [9.17, 15) is 0 Å². The minimum Gasteiger partial charge on any atom is -0.493 e. The molecule has 0 aliphatic heterocycles. The number of fused-ring (bicyclic) bond motifs is 1. The summed E-state index contributed by atoms with van der Waals surface area (Å²) < 4.78 is 32.3. The SMILES string of the molecule is COc1cc2nc(OC)c(OC)c(OC)c2c(OC)c1OC. The largest absolute Gasteiger partial charge is 0.493 e. The molecular formula is C15H19NO6. The molecule has 0 radical (unpaired) electrons. The van der Waals surface area contributed by atoms with Crippen LogP contribution in [0.2, 0.25) is 0 Å². The van der Waals surface area contributed by atoms with Gasteiger partial charge in [-0.25, -0.2) is 4.98 Å². The summed E-state index contributed by atoms with van der Waals surface area (Å²) in [6, 6.07) is 1.72. The molecule has 22 heavy (non-hydrogen) atoms. The Kier molecular flexibility index (Phi) is 4.65. The van der Waals surface area contributed by atoms with Crippen molar-refractivity contribution in [3.63, 3.8) is 0 Å². The molecule has 0 unspecified atom stereocenters. The van der Waals surface area contributed by atoms with Gasteiger partial charge in [0.2, 0.25) is 11.5 Å². The summed E-state index contributed by atoms with van der Waals surface area (Å²) in [5.41, 5.74) is 0.573. The van der Waals surface area contributed by atoms with Crippen molar-refractivity contribution in [3.05, 3.63) is 6.07 Å². The van der Waals surface area contributed by atoms with Crippen molar-refractivity contribution in [2.75, 3.05) is 42.7 Å². The van der Waals surface area contributed by atoms with E-state index in [2.05, 4.69) is 4.98 Å². The summed E-state index contributed by atoms with van der Waals surface area (Å²) in [5, 5.41) is 0.611. The Morgan fingerprint density at radius 1 is 0.636 bits per heavy atom. The van der Waals surface area contributed by atoms with E-state index in [0.29, 0.717) is 45.5 Å². The van der Waals surface area contributed by atoms with Crippen molar-refractivity contribution in [3.8, 4) is 34.6 Å². The van der Waals surface area contributed by atoms with Gasteiger partial charge in [0, 0.05) is 6.07 Å². The highest BCUT2D eigenvalue weighted by Crippen LogP contribution is 2.51. The van der Waals surface area contributed by atoms with Gasteiger partial charge in [0.05, 0.1) is 53.6 Å². The third kappa shape index (κ3) is 2.28. The van der Waals surface area contributed by atoms with Crippen molar-refractivity contribution in [2.24, 2.45) is 0 Å². The third-order valence-corrected chi connectivity index (χ3v) is 3.26. The first-order valence-electron chi connectivity index (χ1n) is 6.45. The van der Waals surface area contributed by atoms with Crippen LogP contribution in [0.25, 0.3) is 10.9 Å². The molecule has 0 N–H and O–H groups in total. The zero-order valence-electron chi connectivity index (χ0n) is 13.5. The lowest BCUT2D eigenvalue weighted by atomic mass is 10.1. The molecule has 2 aromatic rings. The number of aromatic nitrogens is 1. The van der Waals surface area contributed by atoms with Crippen LogP contribution in [0.4, 0.5) is 0 Å². The van der Waals surface area contributed by atoms with Crippen LogP contribution in [0.15, 0.2) is 6.07 Å². The topological polar surface area (TPSA) is 68.3 Å². The minimum atomic E-state index is 0.307. The molecule has 0 spiro atoms. The second-order valence-electron chi connectivity index (χ2n) is 4.23. The molecule has 120 valence electrons. The van der Waals surface area contributed by atoms with Crippen LogP contribution in [-0.4, -0.2) is 47.6 Å². The lowest BCUT2D eigenvalue weighted by Crippen LogP contribution is -2.02. The monoisotopic (exact) mass is 309 g/mol. The van der Waals surface area contributed by atoms with Gasteiger partial charge in [-0.05, 0) is 0 Å². The highest BCUT2D eigenvalue weighted by atomic mass is 16.5. The van der Waals surface area contributed by atoms with Crippen molar-refractivity contribution >= 4 is 10.9 Å². The molecule has 1 aromatic heterocycles. The lowest BCUT2D eigenvalue weighted by molar-refractivity contribution is 0.314. The Hall–Kier alpha value is -2.57. The second-order valence-corrected chi connectivity index (χ2v) is 4.23. The summed E-state index contributed by atoms with van der Waals surface area (Å²) in [7, 11) is 9.17. The van der Waals surface area contributed by atoms with Crippen molar-refractivity contribution in [1.82, 2.24) is 4.98 Å². The van der Waals surface area contributed by atoms with Gasteiger partial charge in [0.1, 0.15) is 0 Å². The van der Waals surface area contributed by atoms with Crippen LogP contribution >= 0.6 is 0 Å². The van der Waals surface area contributed by atoms with Gasteiger partial charge in [-0.15, -0.1) is 0 Å². The maximum absolute atomic E-state index is 5.49. The predicted octanol–water partition coefficient (Wildman–Crippen LogP) is 2.29. The van der Waals surface area contributed by atoms with E-state index >= 15 is 0 Å². The Morgan fingerprint density at radius 2 is 1.18 bits per heavy atom. The van der Waals surface area contributed by atoms with Crippen LogP contribution in [0.5, 0.6) is 34.6 Å². The third-order valence-electron chi connectivity index (χ3n) is 3.26. The maximum atomic E-state index is 5.49. The fourth-order valence-corrected chi connectivity index (χ4v) is 2.33. The molecule has 7 heteroatoms. The van der Waals surface area contributed by atoms with Crippen molar-refractivity contribution in [2.45, 2.75) is 0 Å². The highest BCUT2D eigenvalue weighted by molar-refractivity contribution is 5.98. The molecule has 0 atom stereocenters.